The SMILES string of the molecule is CC1CNCC(C)(c2cnc(CN)nc2)N1C(=O)OC(C)(C)C. The van der Waals surface area contributed by atoms with E-state index in [9.17, 15) is 4.79 Å². The van der Waals surface area contributed by atoms with Gasteiger partial charge in [0, 0.05) is 37.1 Å². The number of rotatable bonds is 2. The van der Waals surface area contributed by atoms with Gasteiger partial charge in [-0.25, -0.2) is 14.8 Å². The third-order valence-electron chi connectivity index (χ3n) is 3.98. The number of carbonyl (C=O) groups is 1. The van der Waals surface area contributed by atoms with Gasteiger partial charge < -0.3 is 15.8 Å². The van der Waals surface area contributed by atoms with Gasteiger partial charge in [-0.3, -0.25) is 4.90 Å². The predicted molar refractivity (Wildman–Crippen MR) is 87.7 cm³/mol. The summed E-state index contributed by atoms with van der Waals surface area (Å²) in [6.45, 7) is 11.2. The zero-order valence-corrected chi connectivity index (χ0v) is 14.6. The number of hydrogen-bond donors (Lipinski definition) is 2. The van der Waals surface area contributed by atoms with Crippen molar-refractivity contribution in [3.05, 3.63) is 23.8 Å². The number of amides is 1. The highest BCUT2D eigenvalue weighted by Crippen LogP contribution is 2.32. The van der Waals surface area contributed by atoms with Gasteiger partial charge in [0.1, 0.15) is 11.4 Å². The van der Waals surface area contributed by atoms with Crippen LogP contribution in [0.15, 0.2) is 12.4 Å². The molecule has 1 aliphatic rings. The van der Waals surface area contributed by atoms with E-state index in [1.807, 2.05) is 34.6 Å². The van der Waals surface area contributed by atoms with Gasteiger partial charge in [-0.05, 0) is 34.6 Å². The van der Waals surface area contributed by atoms with Gasteiger partial charge in [0.25, 0.3) is 0 Å². The van der Waals surface area contributed by atoms with E-state index < -0.39 is 11.1 Å². The fourth-order valence-corrected chi connectivity index (χ4v) is 2.86. The maximum atomic E-state index is 12.8. The first kappa shape index (κ1) is 17.6. The Morgan fingerprint density at radius 2 is 2.09 bits per heavy atom. The molecule has 0 aliphatic carbocycles. The molecule has 23 heavy (non-hydrogen) atoms. The summed E-state index contributed by atoms with van der Waals surface area (Å²) in [5.41, 5.74) is 5.30. The van der Waals surface area contributed by atoms with Crippen LogP contribution in [0.2, 0.25) is 0 Å². The molecule has 7 heteroatoms. The Bertz CT molecular complexity index is 555. The monoisotopic (exact) mass is 321 g/mol. The molecule has 1 fully saturated rings. The average molecular weight is 321 g/mol. The third-order valence-corrected chi connectivity index (χ3v) is 3.98. The first-order valence-corrected chi connectivity index (χ1v) is 7.92. The summed E-state index contributed by atoms with van der Waals surface area (Å²) in [5.74, 6) is 0.581. The smallest absolute Gasteiger partial charge is 0.411 e. The Labute approximate surface area is 137 Å². The number of piperazine rings is 1. The summed E-state index contributed by atoms with van der Waals surface area (Å²) in [4.78, 5) is 23.1. The van der Waals surface area contributed by atoms with E-state index in [1.54, 1.807) is 17.3 Å². The van der Waals surface area contributed by atoms with Crippen molar-refractivity contribution in [2.24, 2.45) is 5.73 Å². The van der Waals surface area contributed by atoms with Crippen LogP contribution in [0.25, 0.3) is 0 Å². The summed E-state index contributed by atoms with van der Waals surface area (Å²) < 4.78 is 5.61. The van der Waals surface area contributed by atoms with E-state index in [0.29, 0.717) is 18.9 Å². The van der Waals surface area contributed by atoms with Crippen molar-refractivity contribution in [3.63, 3.8) is 0 Å². The van der Waals surface area contributed by atoms with Crippen molar-refractivity contribution in [2.75, 3.05) is 13.1 Å². The third kappa shape index (κ3) is 3.79. The van der Waals surface area contributed by atoms with Crippen LogP contribution in [-0.2, 0) is 16.8 Å². The number of carbonyl (C=O) groups excluding carboxylic acids is 1. The molecule has 0 saturated carbocycles. The van der Waals surface area contributed by atoms with Crippen LogP contribution in [0, 0.1) is 0 Å². The van der Waals surface area contributed by atoms with Gasteiger partial charge in [0.05, 0.1) is 12.1 Å². The van der Waals surface area contributed by atoms with Crippen molar-refractivity contribution in [1.29, 1.82) is 0 Å². The van der Waals surface area contributed by atoms with Gasteiger partial charge >= 0.3 is 6.09 Å². The van der Waals surface area contributed by atoms with E-state index >= 15 is 0 Å². The molecule has 7 nitrogen and oxygen atoms in total. The molecule has 0 spiro atoms. The maximum Gasteiger partial charge on any atom is 0.411 e. The van der Waals surface area contributed by atoms with E-state index in [1.165, 1.54) is 0 Å². The summed E-state index contributed by atoms with van der Waals surface area (Å²) in [6.07, 6.45) is 3.16. The zero-order chi connectivity index (χ0) is 17.3. The lowest BCUT2D eigenvalue weighted by atomic mass is 9.88. The highest BCUT2D eigenvalue weighted by molar-refractivity contribution is 5.70. The Balaban J connectivity index is 2.36. The topological polar surface area (TPSA) is 93.4 Å². The Hall–Kier alpha value is -1.73. The fourth-order valence-electron chi connectivity index (χ4n) is 2.86. The molecule has 1 aromatic heterocycles. The molecule has 2 atom stereocenters. The van der Waals surface area contributed by atoms with Gasteiger partial charge in [-0.1, -0.05) is 0 Å². The Morgan fingerprint density at radius 3 is 2.61 bits per heavy atom. The summed E-state index contributed by atoms with van der Waals surface area (Å²) >= 11 is 0. The molecule has 128 valence electrons. The van der Waals surface area contributed by atoms with Crippen LogP contribution < -0.4 is 11.1 Å². The highest BCUT2D eigenvalue weighted by atomic mass is 16.6. The zero-order valence-electron chi connectivity index (χ0n) is 14.6. The minimum Gasteiger partial charge on any atom is -0.444 e. The van der Waals surface area contributed by atoms with Crippen LogP contribution in [0.1, 0.15) is 46.0 Å². The summed E-state index contributed by atoms with van der Waals surface area (Å²) in [5, 5.41) is 3.37. The Morgan fingerprint density at radius 1 is 1.48 bits per heavy atom. The summed E-state index contributed by atoms with van der Waals surface area (Å²) in [6, 6.07) is -0.00205. The lowest BCUT2D eigenvalue weighted by Gasteiger charge is -2.48. The highest BCUT2D eigenvalue weighted by Gasteiger charge is 2.44. The average Bonchev–Trinajstić information content (AvgIpc) is 2.45. The van der Waals surface area contributed by atoms with Crippen molar-refractivity contribution >= 4 is 6.09 Å². The van der Waals surface area contributed by atoms with Crippen LogP contribution >= 0.6 is 0 Å². The van der Waals surface area contributed by atoms with E-state index in [2.05, 4.69) is 15.3 Å². The molecule has 2 rings (SSSR count). The molecular weight excluding hydrogens is 294 g/mol. The van der Waals surface area contributed by atoms with Crippen LogP contribution in [0.5, 0.6) is 0 Å². The van der Waals surface area contributed by atoms with Crippen molar-refractivity contribution in [1.82, 2.24) is 20.2 Å². The standard InChI is InChI=1S/C16H27N5O2/c1-11-7-18-10-16(5,12-8-19-13(6-17)20-9-12)21(11)14(22)23-15(2,3)4/h8-9,11,18H,6-7,10,17H2,1-5H3. The first-order chi connectivity index (χ1) is 10.7. The number of nitrogens with one attached hydrogen (secondary N) is 1. The fraction of sp³-hybridized carbons (Fsp3) is 0.688. The molecule has 0 aromatic carbocycles. The van der Waals surface area contributed by atoms with Crippen molar-refractivity contribution < 1.29 is 9.53 Å². The molecular formula is C16H27N5O2. The van der Waals surface area contributed by atoms with Gasteiger partial charge in [0.2, 0.25) is 0 Å². The molecule has 2 unspecified atom stereocenters. The van der Waals surface area contributed by atoms with Gasteiger partial charge in [-0.2, -0.15) is 0 Å². The van der Waals surface area contributed by atoms with E-state index in [-0.39, 0.29) is 12.1 Å². The molecule has 0 radical (unpaired) electrons. The molecule has 3 N–H and O–H groups in total. The number of ether oxygens (including phenoxy) is 1. The number of nitrogens with zero attached hydrogens (tertiary/aromatic N) is 3. The minimum absolute atomic E-state index is 0.00205. The maximum absolute atomic E-state index is 12.8. The molecule has 2 heterocycles. The van der Waals surface area contributed by atoms with Gasteiger partial charge in [-0.15, -0.1) is 0 Å². The quantitative estimate of drug-likeness (QED) is 0.855. The Kier molecular flexibility index (Phi) is 4.91. The van der Waals surface area contributed by atoms with Gasteiger partial charge in [0.15, 0.2) is 0 Å². The summed E-state index contributed by atoms with van der Waals surface area (Å²) in [7, 11) is 0. The van der Waals surface area contributed by atoms with Crippen LogP contribution in [0.3, 0.4) is 0 Å². The minimum atomic E-state index is -0.576. The predicted octanol–water partition coefficient (Wildman–Crippen LogP) is 1.38. The second-order valence-electron chi connectivity index (χ2n) is 7.20. The second-order valence-corrected chi connectivity index (χ2v) is 7.20. The first-order valence-electron chi connectivity index (χ1n) is 7.92. The normalized spacial score (nSPS) is 25.3. The number of aromatic nitrogens is 2. The molecule has 0 bridgehead atoms. The molecule has 1 saturated heterocycles. The number of nitrogens with two attached hydrogens (primary N) is 1. The largest absolute Gasteiger partial charge is 0.444 e. The van der Waals surface area contributed by atoms with E-state index in [4.69, 9.17) is 10.5 Å². The molecule has 1 amide bonds. The van der Waals surface area contributed by atoms with Crippen LogP contribution in [0.4, 0.5) is 4.79 Å². The molecule has 1 aliphatic heterocycles. The van der Waals surface area contributed by atoms with E-state index in [0.717, 1.165) is 12.1 Å². The second kappa shape index (κ2) is 6.41. The lowest BCUT2D eigenvalue weighted by Crippen LogP contribution is -2.64. The van der Waals surface area contributed by atoms with Crippen molar-refractivity contribution in [2.45, 2.75) is 58.3 Å². The number of hydrogen-bond acceptors (Lipinski definition) is 6. The lowest BCUT2D eigenvalue weighted by molar-refractivity contribution is -0.0244. The van der Waals surface area contributed by atoms with Crippen LogP contribution in [-0.4, -0.2) is 45.7 Å². The molecule has 1 aromatic rings. The van der Waals surface area contributed by atoms with Crippen molar-refractivity contribution in [3.8, 4) is 0 Å².